The number of hydrogen-bond acceptors (Lipinski definition) is 4. The fourth-order valence-electron chi connectivity index (χ4n) is 3.11. The molecule has 1 N–H and O–H groups in total. The van der Waals surface area contributed by atoms with Crippen LogP contribution in [0.4, 0.5) is 0 Å². The largest absolute Gasteiger partial charge is 0.379 e. The fraction of sp³-hybridized carbons (Fsp3) is 0.364. The minimum Gasteiger partial charge on any atom is -0.379 e. The Hall–Kier alpha value is -2.50. The van der Waals surface area contributed by atoms with E-state index in [-0.39, 0.29) is 11.7 Å². The second-order valence-electron chi connectivity index (χ2n) is 6.84. The van der Waals surface area contributed by atoms with Gasteiger partial charge in [0.2, 0.25) is 0 Å². The van der Waals surface area contributed by atoms with E-state index in [0.717, 1.165) is 44.8 Å². The van der Waals surface area contributed by atoms with E-state index >= 15 is 0 Å². The number of carbonyl (C=O) groups excluding carboxylic acids is 2. The molecule has 3 rings (SSSR count). The maximum absolute atomic E-state index is 12.3. The molecular formula is C22H26N2O3. The van der Waals surface area contributed by atoms with Gasteiger partial charge in [-0.3, -0.25) is 14.5 Å². The second kappa shape index (κ2) is 9.44. The summed E-state index contributed by atoms with van der Waals surface area (Å²) in [5.41, 5.74) is 3.69. The molecule has 0 atom stereocenters. The highest BCUT2D eigenvalue weighted by Gasteiger charge is 2.11. The van der Waals surface area contributed by atoms with Gasteiger partial charge in [-0.05, 0) is 36.6 Å². The number of rotatable bonds is 7. The van der Waals surface area contributed by atoms with Crippen molar-refractivity contribution < 1.29 is 14.3 Å². The lowest BCUT2D eigenvalue weighted by molar-refractivity contribution is 0.0342. The molecule has 0 bridgehead atoms. The molecule has 0 unspecified atom stereocenters. The summed E-state index contributed by atoms with van der Waals surface area (Å²) in [6.45, 7) is 6.50. The number of nitrogens with one attached hydrogen (secondary N) is 1. The van der Waals surface area contributed by atoms with Crippen molar-refractivity contribution in [2.24, 2.45) is 0 Å². The first-order valence-corrected chi connectivity index (χ1v) is 9.39. The Labute approximate surface area is 160 Å². The zero-order valence-corrected chi connectivity index (χ0v) is 15.7. The van der Waals surface area contributed by atoms with Crippen LogP contribution in [0.25, 0.3) is 0 Å². The molecule has 142 valence electrons. The molecule has 0 saturated carbocycles. The second-order valence-corrected chi connectivity index (χ2v) is 6.84. The Bertz CT molecular complexity index is 763. The minimum atomic E-state index is -0.0618. The van der Waals surface area contributed by atoms with E-state index in [0.29, 0.717) is 17.7 Å². The highest BCUT2D eigenvalue weighted by Crippen LogP contribution is 2.10. The van der Waals surface area contributed by atoms with E-state index in [1.807, 2.05) is 48.5 Å². The molecular weight excluding hydrogens is 340 g/mol. The van der Waals surface area contributed by atoms with Crippen molar-refractivity contribution in [3.05, 3.63) is 70.8 Å². The number of ketones is 1. The van der Waals surface area contributed by atoms with Crippen LogP contribution in [-0.2, 0) is 17.7 Å². The first kappa shape index (κ1) is 19.3. The molecule has 0 aromatic heterocycles. The highest BCUT2D eigenvalue weighted by atomic mass is 16.5. The number of carbonyl (C=O) groups is 2. The lowest BCUT2D eigenvalue weighted by Crippen LogP contribution is -2.35. The van der Waals surface area contributed by atoms with E-state index < -0.39 is 0 Å². The van der Waals surface area contributed by atoms with Crippen LogP contribution in [0.1, 0.15) is 38.8 Å². The van der Waals surface area contributed by atoms with Gasteiger partial charge in [-0.2, -0.15) is 0 Å². The average Bonchev–Trinajstić information content (AvgIpc) is 2.69. The predicted octanol–water partition coefficient (Wildman–Crippen LogP) is 2.69. The van der Waals surface area contributed by atoms with Crippen LogP contribution >= 0.6 is 0 Å². The molecule has 1 heterocycles. The molecule has 1 aliphatic rings. The summed E-state index contributed by atoms with van der Waals surface area (Å²) in [4.78, 5) is 25.9. The Morgan fingerprint density at radius 3 is 2.15 bits per heavy atom. The first-order chi connectivity index (χ1) is 13.1. The number of hydrogen-bond donors (Lipinski definition) is 1. The Kier molecular flexibility index (Phi) is 6.74. The van der Waals surface area contributed by atoms with Crippen molar-refractivity contribution in [3.8, 4) is 0 Å². The van der Waals surface area contributed by atoms with Crippen LogP contribution < -0.4 is 5.32 Å². The highest BCUT2D eigenvalue weighted by molar-refractivity contribution is 5.94. The molecule has 5 heteroatoms. The van der Waals surface area contributed by atoms with Gasteiger partial charge < -0.3 is 10.1 Å². The number of nitrogens with zero attached hydrogens (tertiary/aromatic N) is 1. The molecule has 1 fully saturated rings. The van der Waals surface area contributed by atoms with Crippen LogP contribution in [0.2, 0.25) is 0 Å². The molecule has 0 spiro atoms. The minimum absolute atomic E-state index is 0.0618. The van der Waals surface area contributed by atoms with Gasteiger partial charge in [0.05, 0.1) is 13.2 Å². The number of Topliss-reactive ketones (excluding diaryl/α,β-unsaturated/α-hetero) is 1. The van der Waals surface area contributed by atoms with Crippen LogP contribution in [0.3, 0.4) is 0 Å². The molecule has 0 aliphatic carbocycles. The third-order valence-electron chi connectivity index (χ3n) is 4.79. The van der Waals surface area contributed by atoms with Gasteiger partial charge in [-0.1, -0.05) is 36.4 Å². The van der Waals surface area contributed by atoms with Gasteiger partial charge >= 0.3 is 0 Å². The van der Waals surface area contributed by atoms with E-state index in [4.69, 9.17) is 4.74 Å². The van der Waals surface area contributed by atoms with Crippen molar-refractivity contribution >= 4 is 11.7 Å². The van der Waals surface area contributed by atoms with Crippen LogP contribution in [0.5, 0.6) is 0 Å². The van der Waals surface area contributed by atoms with Crippen molar-refractivity contribution in [2.45, 2.75) is 19.9 Å². The predicted molar refractivity (Wildman–Crippen MR) is 105 cm³/mol. The number of ether oxygens (including phenoxy) is 1. The zero-order chi connectivity index (χ0) is 19.1. The molecule has 1 amide bonds. The van der Waals surface area contributed by atoms with Gasteiger partial charge in [0.15, 0.2) is 5.78 Å². The molecule has 27 heavy (non-hydrogen) atoms. The summed E-state index contributed by atoms with van der Waals surface area (Å²) < 4.78 is 5.36. The van der Waals surface area contributed by atoms with Crippen molar-refractivity contribution in [2.75, 3.05) is 32.8 Å². The van der Waals surface area contributed by atoms with Crippen molar-refractivity contribution in [1.29, 1.82) is 0 Å². The first-order valence-electron chi connectivity index (χ1n) is 9.39. The molecule has 1 saturated heterocycles. The third-order valence-corrected chi connectivity index (χ3v) is 4.79. The van der Waals surface area contributed by atoms with Gasteiger partial charge in [-0.25, -0.2) is 0 Å². The SMILES string of the molecule is CC(=O)c1ccc(CCNC(=O)c2ccc(CN3CCOCC3)cc2)cc1. The summed E-state index contributed by atoms with van der Waals surface area (Å²) >= 11 is 0. The van der Waals surface area contributed by atoms with Gasteiger partial charge in [0, 0.05) is 37.3 Å². The van der Waals surface area contributed by atoms with Gasteiger partial charge in [0.25, 0.3) is 5.91 Å². The molecule has 5 nitrogen and oxygen atoms in total. The third kappa shape index (κ3) is 5.74. The Morgan fingerprint density at radius 2 is 1.52 bits per heavy atom. The summed E-state index contributed by atoms with van der Waals surface area (Å²) in [6, 6.07) is 15.3. The number of benzene rings is 2. The standard InChI is InChI=1S/C22H26N2O3/c1-17(25)20-6-2-18(3-7-20)10-11-23-22(26)21-8-4-19(5-9-21)16-24-12-14-27-15-13-24/h2-9H,10-16H2,1H3,(H,23,26). The van der Waals surface area contributed by atoms with Crippen LogP contribution in [0.15, 0.2) is 48.5 Å². The smallest absolute Gasteiger partial charge is 0.251 e. The summed E-state index contributed by atoms with van der Waals surface area (Å²) in [7, 11) is 0. The topological polar surface area (TPSA) is 58.6 Å². The fourth-order valence-corrected chi connectivity index (χ4v) is 3.11. The Morgan fingerprint density at radius 1 is 0.926 bits per heavy atom. The van der Waals surface area contributed by atoms with E-state index in [1.165, 1.54) is 5.56 Å². The number of morpholine rings is 1. The molecule has 1 aliphatic heterocycles. The normalized spacial score (nSPS) is 14.7. The molecule has 2 aromatic carbocycles. The quantitative estimate of drug-likeness (QED) is 0.766. The lowest BCUT2D eigenvalue weighted by Gasteiger charge is -2.26. The van der Waals surface area contributed by atoms with Crippen molar-refractivity contribution in [1.82, 2.24) is 10.2 Å². The van der Waals surface area contributed by atoms with Gasteiger partial charge in [0.1, 0.15) is 0 Å². The zero-order valence-electron chi connectivity index (χ0n) is 15.7. The van der Waals surface area contributed by atoms with E-state index in [2.05, 4.69) is 10.2 Å². The Balaban J connectivity index is 1.45. The summed E-state index contributed by atoms with van der Waals surface area (Å²) in [5, 5.41) is 2.95. The maximum atomic E-state index is 12.3. The van der Waals surface area contributed by atoms with Crippen molar-refractivity contribution in [3.63, 3.8) is 0 Å². The maximum Gasteiger partial charge on any atom is 0.251 e. The molecule has 2 aromatic rings. The van der Waals surface area contributed by atoms with Crippen LogP contribution in [-0.4, -0.2) is 49.4 Å². The van der Waals surface area contributed by atoms with Gasteiger partial charge in [-0.15, -0.1) is 0 Å². The van der Waals surface area contributed by atoms with E-state index in [1.54, 1.807) is 6.92 Å². The van der Waals surface area contributed by atoms with E-state index in [9.17, 15) is 9.59 Å². The lowest BCUT2D eigenvalue weighted by atomic mass is 10.1. The summed E-state index contributed by atoms with van der Waals surface area (Å²) in [6.07, 6.45) is 0.735. The summed E-state index contributed by atoms with van der Waals surface area (Å²) in [5.74, 6) is 0.000184. The molecule has 0 radical (unpaired) electrons. The van der Waals surface area contributed by atoms with Crippen LogP contribution in [0, 0.1) is 0 Å². The average molecular weight is 366 g/mol. The number of amides is 1. The monoisotopic (exact) mass is 366 g/mol.